The summed E-state index contributed by atoms with van der Waals surface area (Å²) in [6.07, 6.45) is 0. The van der Waals surface area contributed by atoms with Crippen LogP contribution in [0.15, 0.2) is 212 Å². The van der Waals surface area contributed by atoms with Gasteiger partial charge in [-0.25, -0.2) is 0 Å². The van der Waals surface area contributed by atoms with Crippen LogP contribution in [-0.2, 0) is 16.2 Å². The lowest BCUT2D eigenvalue weighted by Gasteiger charge is -2.31. The summed E-state index contributed by atoms with van der Waals surface area (Å²) in [6, 6.07) is 80.0. The third kappa shape index (κ3) is 5.94. The van der Waals surface area contributed by atoms with Crippen LogP contribution in [0.1, 0.15) is 74.9 Å². The normalized spacial score (nSPS) is 15.0. The highest BCUT2D eigenvalue weighted by atomic mass is 15.1. The van der Waals surface area contributed by atoms with Gasteiger partial charge >= 0.3 is 0 Å². The molecule has 0 radical (unpaired) electrons. The van der Waals surface area contributed by atoms with Crippen molar-refractivity contribution in [3.8, 4) is 66.8 Å². The Balaban J connectivity index is 0.950. The monoisotopic (exact) mass is 871 g/mol. The van der Waals surface area contributed by atoms with Gasteiger partial charge in [0.25, 0.3) is 0 Å². The molecule has 10 aromatic rings. The molecule has 10 aromatic carbocycles. The summed E-state index contributed by atoms with van der Waals surface area (Å²) in [5, 5.41) is 2.56. The zero-order valence-electron chi connectivity index (χ0n) is 39.7. The quantitative estimate of drug-likeness (QED) is 0.161. The molecule has 0 bridgehead atoms. The van der Waals surface area contributed by atoms with Gasteiger partial charge < -0.3 is 4.90 Å². The zero-order chi connectivity index (χ0) is 46.1. The van der Waals surface area contributed by atoms with Crippen LogP contribution in [0.3, 0.4) is 0 Å². The standard InChI is InChI=1S/C67H53N/c1-65(2)59-36-45(42-16-9-7-10-17-42)24-30-53(59)56-33-27-48(39-62(56)65)68(49-28-34-57-54-31-25-46(43-18-11-8-12-19-43)37-60(54)66(3,4)63(57)40-49)50-29-35-58-55-32-26-47(38-61(55)67(5,6)64(58)41-50)52-23-15-21-44-20-13-14-22-51(44)52/h7-41H,1-6H3. The van der Waals surface area contributed by atoms with Crippen molar-refractivity contribution in [2.45, 2.75) is 57.8 Å². The van der Waals surface area contributed by atoms with E-state index in [0.717, 1.165) is 5.69 Å². The molecule has 0 spiro atoms. The average Bonchev–Trinajstić information content (AvgIpc) is 3.85. The summed E-state index contributed by atoms with van der Waals surface area (Å²) in [4.78, 5) is 2.53. The average molecular weight is 872 g/mol. The van der Waals surface area contributed by atoms with Gasteiger partial charge in [0.1, 0.15) is 0 Å². The first kappa shape index (κ1) is 40.5. The van der Waals surface area contributed by atoms with Gasteiger partial charge in [0, 0.05) is 33.3 Å². The van der Waals surface area contributed by atoms with Crippen molar-refractivity contribution in [3.63, 3.8) is 0 Å². The van der Waals surface area contributed by atoms with Gasteiger partial charge in [-0.1, -0.05) is 199 Å². The molecule has 0 fully saturated rings. The highest BCUT2D eigenvalue weighted by Gasteiger charge is 2.40. The van der Waals surface area contributed by atoms with Crippen LogP contribution in [-0.4, -0.2) is 0 Å². The highest BCUT2D eigenvalue weighted by Crippen LogP contribution is 2.56. The largest absolute Gasteiger partial charge is 0.310 e. The smallest absolute Gasteiger partial charge is 0.0465 e. The van der Waals surface area contributed by atoms with Crippen LogP contribution in [0.4, 0.5) is 17.1 Å². The van der Waals surface area contributed by atoms with Crippen LogP contribution >= 0.6 is 0 Å². The van der Waals surface area contributed by atoms with Gasteiger partial charge in [-0.15, -0.1) is 0 Å². The van der Waals surface area contributed by atoms with Crippen molar-refractivity contribution >= 4 is 27.8 Å². The second-order valence-corrected chi connectivity index (χ2v) is 20.9. The van der Waals surface area contributed by atoms with E-state index >= 15 is 0 Å². The summed E-state index contributed by atoms with van der Waals surface area (Å²) in [7, 11) is 0. The lowest BCUT2D eigenvalue weighted by molar-refractivity contribution is 0.659. The van der Waals surface area contributed by atoms with E-state index in [4.69, 9.17) is 0 Å². The first-order chi connectivity index (χ1) is 33.0. The maximum Gasteiger partial charge on any atom is 0.0465 e. The second kappa shape index (κ2) is 14.6. The first-order valence-electron chi connectivity index (χ1n) is 24.2. The van der Waals surface area contributed by atoms with E-state index in [0.29, 0.717) is 0 Å². The van der Waals surface area contributed by atoms with E-state index in [-0.39, 0.29) is 16.2 Å². The van der Waals surface area contributed by atoms with Gasteiger partial charge in [-0.05, 0) is 166 Å². The number of hydrogen-bond donors (Lipinski definition) is 0. The van der Waals surface area contributed by atoms with Crippen LogP contribution < -0.4 is 4.90 Å². The molecule has 0 heterocycles. The highest BCUT2D eigenvalue weighted by molar-refractivity contribution is 5.98. The predicted molar refractivity (Wildman–Crippen MR) is 288 cm³/mol. The molecule has 0 saturated carbocycles. The molecular weight excluding hydrogens is 819 g/mol. The summed E-state index contributed by atoms with van der Waals surface area (Å²) in [6.45, 7) is 14.4. The van der Waals surface area contributed by atoms with E-state index in [1.807, 2.05) is 0 Å². The minimum atomic E-state index is -0.219. The van der Waals surface area contributed by atoms with Gasteiger partial charge in [-0.2, -0.15) is 0 Å². The number of hydrogen-bond acceptors (Lipinski definition) is 1. The van der Waals surface area contributed by atoms with E-state index < -0.39 is 0 Å². The maximum atomic E-state index is 2.53. The van der Waals surface area contributed by atoms with Crippen molar-refractivity contribution < 1.29 is 0 Å². The molecule has 326 valence electrons. The second-order valence-electron chi connectivity index (χ2n) is 20.9. The SMILES string of the molecule is CC1(C)c2cc(-c3ccccc3)ccc2-c2ccc(N(c3ccc4c(c3)C(C)(C)c3cc(-c5ccccc5)ccc3-4)c3ccc4c(c3)C(C)(C)c3cc(-c5cccc6ccccc56)ccc3-4)cc21. The molecule has 1 heteroatoms. The first-order valence-corrected chi connectivity index (χ1v) is 24.2. The molecule has 0 saturated heterocycles. The number of benzene rings is 10. The Morgan fingerprint density at radius 3 is 1.03 bits per heavy atom. The molecule has 13 rings (SSSR count). The third-order valence-electron chi connectivity index (χ3n) is 16.1. The Morgan fingerprint density at radius 2 is 0.588 bits per heavy atom. The minimum absolute atomic E-state index is 0.196. The molecule has 0 unspecified atom stereocenters. The predicted octanol–water partition coefficient (Wildman–Crippen LogP) is 18.2. The fraction of sp³-hybridized carbons (Fsp3) is 0.134. The molecule has 0 aromatic heterocycles. The third-order valence-corrected chi connectivity index (χ3v) is 16.1. The van der Waals surface area contributed by atoms with Crippen LogP contribution in [0.25, 0.3) is 77.5 Å². The topological polar surface area (TPSA) is 3.24 Å². The van der Waals surface area contributed by atoms with Crippen LogP contribution in [0, 0.1) is 0 Å². The Kier molecular flexibility index (Phi) is 8.72. The molecule has 3 aliphatic rings. The van der Waals surface area contributed by atoms with Gasteiger partial charge in [0.15, 0.2) is 0 Å². The zero-order valence-corrected chi connectivity index (χ0v) is 39.7. The van der Waals surface area contributed by atoms with Gasteiger partial charge in [0.2, 0.25) is 0 Å². The number of rotatable bonds is 6. The number of nitrogens with zero attached hydrogens (tertiary/aromatic N) is 1. The van der Waals surface area contributed by atoms with Crippen molar-refractivity contribution in [3.05, 3.63) is 246 Å². The van der Waals surface area contributed by atoms with Crippen LogP contribution in [0.5, 0.6) is 0 Å². The van der Waals surface area contributed by atoms with Crippen molar-refractivity contribution in [1.29, 1.82) is 0 Å². The molecule has 3 aliphatic carbocycles. The lowest BCUT2D eigenvalue weighted by atomic mass is 9.80. The van der Waals surface area contributed by atoms with Crippen LogP contribution in [0.2, 0.25) is 0 Å². The van der Waals surface area contributed by atoms with E-state index in [2.05, 4.69) is 259 Å². The fourth-order valence-corrected chi connectivity index (χ4v) is 12.3. The summed E-state index contributed by atoms with van der Waals surface area (Å²) in [5.41, 5.74) is 26.6. The number of anilines is 3. The van der Waals surface area contributed by atoms with E-state index in [1.54, 1.807) is 0 Å². The minimum Gasteiger partial charge on any atom is -0.310 e. The fourth-order valence-electron chi connectivity index (χ4n) is 12.3. The van der Waals surface area contributed by atoms with E-state index in [1.165, 1.54) is 122 Å². The Morgan fingerprint density at radius 1 is 0.250 bits per heavy atom. The number of fused-ring (bicyclic) bond motifs is 10. The lowest BCUT2D eigenvalue weighted by Crippen LogP contribution is -2.19. The van der Waals surface area contributed by atoms with Crippen molar-refractivity contribution in [2.24, 2.45) is 0 Å². The molecule has 0 atom stereocenters. The molecule has 1 nitrogen and oxygen atoms in total. The molecule has 0 aliphatic heterocycles. The van der Waals surface area contributed by atoms with E-state index in [9.17, 15) is 0 Å². The summed E-state index contributed by atoms with van der Waals surface area (Å²) < 4.78 is 0. The Bertz CT molecular complexity index is 3540. The molecule has 68 heavy (non-hydrogen) atoms. The summed E-state index contributed by atoms with van der Waals surface area (Å²) in [5.74, 6) is 0. The molecule has 0 amide bonds. The molecular formula is C67H53N. The molecule has 0 N–H and O–H groups in total. The maximum absolute atomic E-state index is 2.53. The van der Waals surface area contributed by atoms with Gasteiger partial charge in [-0.3, -0.25) is 0 Å². The summed E-state index contributed by atoms with van der Waals surface area (Å²) >= 11 is 0. The van der Waals surface area contributed by atoms with Gasteiger partial charge in [0.05, 0.1) is 0 Å². The van der Waals surface area contributed by atoms with Crippen molar-refractivity contribution in [2.75, 3.05) is 4.90 Å². The Labute approximate surface area is 401 Å². The van der Waals surface area contributed by atoms with Crippen molar-refractivity contribution in [1.82, 2.24) is 0 Å². The Hall–Kier alpha value is -7.74.